The fourth-order valence-corrected chi connectivity index (χ4v) is 3.49. The van der Waals surface area contributed by atoms with E-state index in [9.17, 15) is 0 Å². The van der Waals surface area contributed by atoms with Crippen molar-refractivity contribution in [2.24, 2.45) is 0 Å². The van der Waals surface area contributed by atoms with Crippen molar-refractivity contribution in [3.63, 3.8) is 0 Å². The van der Waals surface area contributed by atoms with Gasteiger partial charge in [0.1, 0.15) is 0 Å². The van der Waals surface area contributed by atoms with E-state index in [1.165, 1.54) is 22.4 Å². The minimum absolute atomic E-state index is 0.954. The average Bonchev–Trinajstić information content (AvgIpc) is 2.89. The second-order valence-corrected chi connectivity index (χ2v) is 6.04. The summed E-state index contributed by atoms with van der Waals surface area (Å²) in [6.45, 7) is 1.08. The van der Waals surface area contributed by atoms with Crippen molar-refractivity contribution in [3.8, 4) is 0 Å². The maximum atomic E-state index is 4.61. The van der Waals surface area contributed by atoms with E-state index < -0.39 is 0 Å². The number of benzene rings is 2. The van der Waals surface area contributed by atoms with Gasteiger partial charge in [0.25, 0.3) is 0 Å². The van der Waals surface area contributed by atoms with E-state index in [4.69, 9.17) is 0 Å². The lowest BCUT2D eigenvalue weighted by Crippen LogP contribution is -2.11. The number of aryl methyl sites for hydroxylation is 1. The van der Waals surface area contributed by atoms with Gasteiger partial charge in [-0.3, -0.25) is 0 Å². The number of aromatic nitrogens is 1. The lowest BCUT2D eigenvalue weighted by atomic mass is 10.0. The number of thiazole rings is 1. The summed E-state index contributed by atoms with van der Waals surface area (Å²) in [5.74, 6) is 0. The van der Waals surface area contributed by atoms with Crippen LogP contribution in [-0.4, -0.2) is 11.5 Å². The standard InChI is InChI=1S/C16H15N3S/c1-2-6-15-14(5-1)19-16(20-15)18-12-7-8-13-11(10-12)4-3-9-17-13/h1-2,5-8,10,17H,3-4,9H2,(H,18,19). The summed E-state index contributed by atoms with van der Waals surface area (Å²) in [5.41, 5.74) is 4.83. The van der Waals surface area contributed by atoms with Crippen molar-refractivity contribution in [3.05, 3.63) is 48.0 Å². The summed E-state index contributed by atoms with van der Waals surface area (Å²) in [6, 6.07) is 14.7. The van der Waals surface area contributed by atoms with Crippen LogP contribution in [0.15, 0.2) is 42.5 Å². The van der Waals surface area contributed by atoms with Gasteiger partial charge in [-0.25, -0.2) is 4.98 Å². The lowest BCUT2D eigenvalue weighted by Gasteiger charge is -2.18. The van der Waals surface area contributed by atoms with Crippen LogP contribution < -0.4 is 10.6 Å². The molecule has 1 aliphatic rings. The van der Waals surface area contributed by atoms with Crippen LogP contribution in [0, 0.1) is 0 Å². The Kier molecular flexibility index (Phi) is 2.81. The highest BCUT2D eigenvalue weighted by atomic mass is 32.1. The highest BCUT2D eigenvalue weighted by Crippen LogP contribution is 2.30. The number of hydrogen-bond donors (Lipinski definition) is 2. The maximum absolute atomic E-state index is 4.61. The van der Waals surface area contributed by atoms with Crippen molar-refractivity contribution >= 4 is 38.1 Å². The van der Waals surface area contributed by atoms with Crippen LogP contribution in [0.1, 0.15) is 12.0 Å². The minimum Gasteiger partial charge on any atom is -0.385 e. The second kappa shape index (κ2) is 4.80. The molecule has 1 aliphatic heterocycles. The molecule has 3 nitrogen and oxygen atoms in total. The predicted octanol–water partition coefficient (Wildman–Crippen LogP) is 4.40. The van der Waals surface area contributed by atoms with E-state index in [2.05, 4.69) is 45.9 Å². The molecule has 0 saturated carbocycles. The molecular weight excluding hydrogens is 266 g/mol. The third kappa shape index (κ3) is 2.12. The second-order valence-electron chi connectivity index (χ2n) is 5.01. The molecule has 0 saturated heterocycles. The van der Waals surface area contributed by atoms with E-state index in [1.54, 1.807) is 11.3 Å². The molecule has 2 aromatic carbocycles. The van der Waals surface area contributed by atoms with Crippen molar-refractivity contribution in [1.82, 2.24) is 4.98 Å². The van der Waals surface area contributed by atoms with Gasteiger partial charge in [0.2, 0.25) is 0 Å². The third-order valence-electron chi connectivity index (χ3n) is 3.59. The average molecular weight is 281 g/mol. The van der Waals surface area contributed by atoms with Crippen LogP contribution >= 0.6 is 11.3 Å². The van der Waals surface area contributed by atoms with Crippen molar-refractivity contribution in [2.75, 3.05) is 17.2 Å². The smallest absolute Gasteiger partial charge is 0.188 e. The number of para-hydroxylation sites is 1. The Morgan fingerprint density at radius 1 is 1.15 bits per heavy atom. The Morgan fingerprint density at radius 2 is 2.10 bits per heavy atom. The van der Waals surface area contributed by atoms with E-state index >= 15 is 0 Å². The van der Waals surface area contributed by atoms with Gasteiger partial charge in [0.15, 0.2) is 5.13 Å². The van der Waals surface area contributed by atoms with E-state index in [1.807, 2.05) is 12.1 Å². The molecule has 0 unspecified atom stereocenters. The SMILES string of the molecule is c1ccc2sc(Nc3ccc4c(c3)CCCN4)nc2c1. The van der Waals surface area contributed by atoms with Crippen LogP contribution in [0.3, 0.4) is 0 Å². The molecule has 0 aliphatic carbocycles. The maximum Gasteiger partial charge on any atom is 0.188 e. The van der Waals surface area contributed by atoms with Gasteiger partial charge in [-0.2, -0.15) is 0 Å². The first-order chi connectivity index (χ1) is 9.88. The summed E-state index contributed by atoms with van der Waals surface area (Å²) in [4.78, 5) is 4.61. The molecular formula is C16H15N3S. The zero-order valence-electron chi connectivity index (χ0n) is 11.0. The molecule has 4 rings (SSSR count). The first-order valence-corrected chi connectivity index (χ1v) is 7.69. The Balaban J connectivity index is 1.65. The number of fused-ring (bicyclic) bond motifs is 2. The van der Waals surface area contributed by atoms with Gasteiger partial charge in [-0.15, -0.1) is 0 Å². The summed E-state index contributed by atoms with van der Waals surface area (Å²) in [6.07, 6.45) is 2.36. The fraction of sp³-hybridized carbons (Fsp3) is 0.188. The molecule has 20 heavy (non-hydrogen) atoms. The normalized spacial score (nSPS) is 13.8. The van der Waals surface area contributed by atoms with Gasteiger partial charge in [-0.05, 0) is 48.7 Å². The predicted molar refractivity (Wildman–Crippen MR) is 86.2 cm³/mol. The molecule has 0 radical (unpaired) electrons. The first-order valence-electron chi connectivity index (χ1n) is 6.88. The molecule has 3 aromatic rings. The number of nitrogens with zero attached hydrogens (tertiary/aromatic N) is 1. The van der Waals surface area contributed by atoms with E-state index in [0.717, 1.165) is 29.3 Å². The van der Waals surface area contributed by atoms with Gasteiger partial charge in [0.05, 0.1) is 10.2 Å². The molecule has 4 heteroatoms. The minimum atomic E-state index is 0.954. The number of anilines is 3. The number of nitrogens with one attached hydrogen (secondary N) is 2. The van der Waals surface area contributed by atoms with Gasteiger partial charge < -0.3 is 10.6 Å². The molecule has 0 spiro atoms. The lowest BCUT2D eigenvalue weighted by molar-refractivity contribution is 0.830. The quantitative estimate of drug-likeness (QED) is 0.731. The zero-order chi connectivity index (χ0) is 13.4. The topological polar surface area (TPSA) is 37.0 Å². The van der Waals surface area contributed by atoms with Crippen LogP contribution in [-0.2, 0) is 6.42 Å². The Bertz CT molecular complexity index is 730. The summed E-state index contributed by atoms with van der Waals surface area (Å²) >= 11 is 1.69. The fourth-order valence-electron chi connectivity index (χ4n) is 2.60. The Labute approximate surface area is 121 Å². The molecule has 100 valence electrons. The van der Waals surface area contributed by atoms with E-state index in [0.29, 0.717) is 0 Å². The van der Waals surface area contributed by atoms with Crippen LogP contribution in [0.25, 0.3) is 10.2 Å². The van der Waals surface area contributed by atoms with Crippen LogP contribution in [0.2, 0.25) is 0 Å². The summed E-state index contributed by atoms with van der Waals surface area (Å²) in [5, 5.41) is 7.81. The molecule has 1 aromatic heterocycles. The largest absolute Gasteiger partial charge is 0.385 e. The highest BCUT2D eigenvalue weighted by molar-refractivity contribution is 7.22. The van der Waals surface area contributed by atoms with Crippen molar-refractivity contribution in [2.45, 2.75) is 12.8 Å². The Morgan fingerprint density at radius 3 is 3.05 bits per heavy atom. The number of rotatable bonds is 2. The van der Waals surface area contributed by atoms with Gasteiger partial charge >= 0.3 is 0 Å². The molecule has 0 amide bonds. The molecule has 0 fully saturated rings. The van der Waals surface area contributed by atoms with Crippen molar-refractivity contribution in [1.29, 1.82) is 0 Å². The third-order valence-corrected chi connectivity index (χ3v) is 4.54. The highest BCUT2D eigenvalue weighted by Gasteiger charge is 2.09. The Hall–Kier alpha value is -2.07. The molecule has 0 atom stereocenters. The zero-order valence-corrected chi connectivity index (χ0v) is 11.8. The van der Waals surface area contributed by atoms with Crippen LogP contribution in [0.4, 0.5) is 16.5 Å². The number of hydrogen-bond acceptors (Lipinski definition) is 4. The molecule has 0 bridgehead atoms. The molecule has 2 heterocycles. The van der Waals surface area contributed by atoms with E-state index in [-0.39, 0.29) is 0 Å². The van der Waals surface area contributed by atoms with Crippen LogP contribution in [0.5, 0.6) is 0 Å². The van der Waals surface area contributed by atoms with Gasteiger partial charge in [0, 0.05) is 17.9 Å². The summed E-state index contributed by atoms with van der Waals surface area (Å²) in [7, 11) is 0. The summed E-state index contributed by atoms with van der Waals surface area (Å²) < 4.78 is 1.22. The monoisotopic (exact) mass is 281 g/mol. The van der Waals surface area contributed by atoms with Crippen molar-refractivity contribution < 1.29 is 0 Å². The molecule has 2 N–H and O–H groups in total. The van der Waals surface area contributed by atoms with Gasteiger partial charge in [-0.1, -0.05) is 23.5 Å². The first kappa shape index (κ1) is 11.7.